The van der Waals surface area contributed by atoms with Crippen LogP contribution >= 0.6 is 0 Å². The third kappa shape index (κ3) is 9.68. The molecule has 1 amide bonds. The minimum absolute atomic E-state index is 0.101. The monoisotopic (exact) mass is 433 g/mol. The van der Waals surface area contributed by atoms with Crippen LogP contribution in [0.3, 0.4) is 0 Å². The van der Waals surface area contributed by atoms with Crippen molar-refractivity contribution >= 4 is 24.1 Å². The highest BCUT2D eigenvalue weighted by molar-refractivity contribution is 5.87. The number of carbonyl (C=O) groups excluding carboxylic acids is 3. The first-order valence-electron chi connectivity index (χ1n) is 10.4. The Bertz CT molecular complexity index is 801. The Labute approximate surface area is 185 Å². The first kappa shape index (κ1) is 26.2. The van der Waals surface area contributed by atoms with Crippen LogP contribution in [0.4, 0.5) is 4.79 Å². The van der Waals surface area contributed by atoms with Crippen molar-refractivity contribution in [2.75, 3.05) is 6.61 Å². The molecule has 0 saturated heterocycles. The quantitative estimate of drug-likeness (QED) is 0.351. The molecule has 1 atom stereocenters. The summed E-state index contributed by atoms with van der Waals surface area (Å²) >= 11 is 0. The second-order valence-electron chi connectivity index (χ2n) is 9.10. The Balaban J connectivity index is 3.18. The van der Waals surface area contributed by atoms with E-state index in [1.165, 1.54) is 11.0 Å². The summed E-state index contributed by atoms with van der Waals surface area (Å²) in [4.78, 5) is 38.5. The Morgan fingerprint density at radius 2 is 1.58 bits per heavy atom. The number of ether oxygens (including phenoxy) is 3. The zero-order valence-corrected chi connectivity index (χ0v) is 19.9. The van der Waals surface area contributed by atoms with Gasteiger partial charge in [-0.1, -0.05) is 24.3 Å². The normalized spacial score (nSPS) is 12.9. The van der Waals surface area contributed by atoms with E-state index in [0.717, 1.165) is 11.1 Å². The molecule has 0 N–H and O–H groups in total. The van der Waals surface area contributed by atoms with Crippen molar-refractivity contribution in [3.8, 4) is 0 Å². The zero-order chi connectivity index (χ0) is 23.8. The van der Waals surface area contributed by atoms with Gasteiger partial charge in [-0.15, -0.1) is 0 Å². The summed E-state index contributed by atoms with van der Waals surface area (Å²) in [6.45, 7) is 14.3. The fourth-order valence-electron chi connectivity index (χ4n) is 2.59. The third-order valence-corrected chi connectivity index (χ3v) is 3.92. The molecule has 0 aliphatic carbocycles. The standard InChI is InChI=1S/C24H35NO6/c1-9-29-21(27)17(2)25(22(28)31-24(6,7)8)16-19-13-11-10-12-18(19)14-15-20(26)30-23(3,4)5/h10-15,17H,9,16H2,1-8H3/b15-14+/t17-/m0/s1. The fraction of sp³-hybridized carbons (Fsp3) is 0.542. The number of amides is 1. The number of rotatable bonds is 7. The van der Waals surface area contributed by atoms with Gasteiger partial charge in [0.05, 0.1) is 13.2 Å². The minimum atomic E-state index is -0.849. The molecule has 172 valence electrons. The molecule has 0 bridgehead atoms. The first-order valence-corrected chi connectivity index (χ1v) is 10.4. The second-order valence-corrected chi connectivity index (χ2v) is 9.10. The highest BCUT2D eigenvalue weighted by Gasteiger charge is 2.31. The summed E-state index contributed by atoms with van der Waals surface area (Å²) in [6.07, 6.45) is 2.35. The molecule has 0 fully saturated rings. The lowest BCUT2D eigenvalue weighted by Gasteiger charge is -2.31. The summed E-state index contributed by atoms with van der Waals surface area (Å²) in [5.41, 5.74) is 0.144. The largest absolute Gasteiger partial charge is 0.464 e. The highest BCUT2D eigenvalue weighted by Crippen LogP contribution is 2.19. The van der Waals surface area contributed by atoms with E-state index in [-0.39, 0.29) is 13.2 Å². The van der Waals surface area contributed by atoms with Crippen LogP contribution in [0.1, 0.15) is 66.5 Å². The van der Waals surface area contributed by atoms with Gasteiger partial charge in [-0.25, -0.2) is 14.4 Å². The number of esters is 2. The molecule has 0 heterocycles. The summed E-state index contributed by atoms with van der Waals surface area (Å²) in [5, 5.41) is 0. The molecule has 1 aromatic carbocycles. The van der Waals surface area contributed by atoms with Gasteiger partial charge in [0.2, 0.25) is 0 Å². The molecule has 0 aliphatic rings. The van der Waals surface area contributed by atoms with E-state index in [2.05, 4.69) is 0 Å². The number of hydrogen-bond donors (Lipinski definition) is 0. The lowest BCUT2D eigenvalue weighted by atomic mass is 10.1. The van der Waals surface area contributed by atoms with Gasteiger partial charge in [0, 0.05) is 6.08 Å². The van der Waals surface area contributed by atoms with Gasteiger partial charge in [-0.3, -0.25) is 4.90 Å². The molecule has 1 aromatic rings. The maximum Gasteiger partial charge on any atom is 0.411 e. The molecule has 7 heteroatoms. The number of nitrogens with zero attached hydrogens (tertiary/aromatic N) is 1. The van der Waals surface area contributed by atoms with Crippen LogP contribution < -0.4 is 0 Å². The summed E-state index contributed by atoms with van der Waals surface area (Å²) in [6, 6.07) is 6.44. The Morgan fingerprint density at radius 1 is 1.00 bits per heavy atom. The molecule has 0 aromatic heterocycles. The van der Waals surface area contributed by atoms with E-state index in [9.17, 15) is 14.4 Å². The molecule has 0 radical (unpaired) electrons. The molecule has 31 heavy (non-hydrogen) atoms. The van der Waals surface area contributed by atoms with Crippen LogP contribution in [0.2, 0.25) is 0 Å². The molecular weight excluding hydrogens is 398 g/mol. The van der Waals surface area contributed by atoms with Crippen LogP contribution in [0.5, 0.6) is 0 Å². The predicted molar refractivity (Wildman–Crippen MR) is 119 cm³/mol. The van der Waals surface area contributed by atoms with E-state index < -0.39 is 35.3 Å². The van der Waals surface area contributed by atoms with Gasteiger partial charge in [0.1, 0.15) is 17.2 Å². The van der Waals surface area contributed by atoms with Crippen molar-refractivity contribution in [1.29, 1.82) is 0 Å². The lowest BCUT2D eigenvalue weighted by Crippen LogP contribution is -2.46. The van der Waals surface area contributed by atoms with E-state index >= 15 is 0 Å². The Morgan fingerprint density at radius 3 is 2.13 bits per heavy atom. The molecule has 0 saturated carbocycles. The number of benzene rings is 1. The average molecular weight is 434 g/mol. The van der Waals surface area contributed by atoms with Gasteiger partial charge in [0.15, 0.2) is 0 Å². The second kappa shape index (κ2) is 11.0. The van der Waals surface area contributed by atoms with Crippen molar-refractivity contribution in [3.63, 3.8) is 0 Å². The number of carbonyl (C=O) groups is 3. The molecule has 7 nitrogen and oxygen atoms in total. The van der Waals surface area contributed by atoms with Gasteiger partial charge < -0.3 is 14.2 Å². The maximum atomic E-state index is 12.9. The topological polar surface area (TPSA) is 82.1 Å². The molecule has 0 unspecified atom stereocenters. The smallest absolute Gasteiger partial charge is 0.411 e. The Hall–Kier alpha value is -2.83. The highest BCUT2D eigenvalue weighted by atomic mass is 16.6. The maximum absolute atomic E-state index is 12.9. The van der Waals surface area contributed by atoms with E-state index in [4.69, 9.17) is 14.2 Å². The summed E-state index contributed by atoms with van der Waals surface area (Å²) in [5.74, 6) is -0.985. The van der Waals surface area contributed by atoms with Crippen molar-refractivity contribution in [2.45, 2.75) is 79.2 Å². The van der Waals surface area contributed by atoms with Crippen molar-refractivity contribution in [3.05, 3.63) is 41.5 Å². The SMILES string of the molecule is CCOC(=O)[C@H](C)N(Cc1ccccc1/C=C/C(=O)OC(C)(C)C)C(=O)OC(C)(C)C. The van der Waals surface area contributed by atoms with Crippen molar-refractivity contribution in [2.24, 2.45) is 0 Å². The van der Waals surface area contributed by atoms with E-state index in [1.807, 2.05) is 24.3 Å². The minimum Gasteiger partial charge on any atom is -0.464 e. The van der Waals surface area contributed by atoms with Crippen molar-refractivity contribution in [1.82, 2.24) is 4.90 Å². The summed E-state index contributed by atoms with van der Waals surface area (Å²) < 4.78 is 15.9. The van der Waals surface area contributed by atoms with Gasteiger partial charge in [-0.05, 0) is 72.6 Å². The summed E-state index contributed by atoms with van der Waals surface area (Å²) in [7, 11) is 0. The molecular formula is C24H35NO6. The Kier molecular flexibility index (Phi) is 9.28. The fourth-order valence-corrected chi connectivity index (χ4v) is 2.59. The first-order chi connectivity index (χ1) is 14.2. The van der Waals surface area contributed by atoms with Crippen LogP contribution in [0.25, 0.3) is 6.08 Å². The van der Waals surface area contributed by atoms with Crippen molar-refractivity contribution < 1.29 is 28.6 Å². The zero-order valence-electron chi connectivity index (χ0n) is 19.9. The third-order valence-electron chi connectivity index (χ3n) is 3.92. The van der Waals surface area contributed by atoms with Crippen LogP contribution in [-0.2, 0) is 30.3 Å². The van der Waals surface area contributed by atoms with Gasteiger partial charge in [-0.2, -0.15) is 0 Å². The number of hydrogen-bond acceptors (Lipinski definition) is 6. The van der Waals surface area contributed by atoms with Gasteiger partial charge in [0.25, 0.3) is 0 Å². The van der Waals surface area contributed by atoms with E-state index in [0.29, 0.717) is 0 Å². The van der Waals surface area contributed by atoms with Crippen LogP contribution in [-0.4, -0.2) is 46.8 Å². The van der Waals surface area contributed by atoms with Crippen LogP contribution in [0, 0.1) is 0 Å². The lowest BCUT2D eigenvalue weighted by molar-refractivity contribution is -0.149. The van der Waals surface area contributed by atoms with Gasteiger partial charge >= 0.3 is 18.0 Å². The molecule has 0 aliphatic heterocycles. The molecule has 1 rings (SSSR count). The average Bonchev–Trinajstić information content (AvgIpc) is 2.62. The predicted octanol–water partition coefficient (Wildman–Crippen LogP) is 4.73. The van der Waals surface area contributed by atoms with E-state index in [1.54, 1.807) is 61.5 Å². The van der Waals surface area contributed by atoms with Crippen LogP contribution in [0.15, 0.2) is 30.3 Å². The molecule has 0 spiro atoms.